The molecule has 0 aliphatic heterocycles. The highest BCUT2D eigenvalue weighted by atomic mass is 15.1. The van der Waals surface area contributed by atoms with Crippen LogP contribution in [0, 0.1) is 0 Å². The Morgan fingerprint density at radius 3 is 2.61 bits per heavy atom. The highest BCUT2D eigenvalue weighted by Crippen LogP contribution is 2.22. The SMILES string of the molecule is C=Cc1ncc(C(C)Cc2ccccc2)n1C=C. The number of hydrogen-bond donors (Lipinski definition) is 0. The van der Waals surface area contributed by atoms with Gasteiger partial charge in [-0.3, -0.25) is 0 Å². The van der Waals surface area contributed by atoms with Gasteiger partial charge in [-0.25, -0.2) is 4.98 Å². The Balaban J connectivity index is 2.24. The Kier molecular flexibility index (Phi) is 3.78. The van der Waals surface area contributed by atoms with Crippen LogP contribution in [-0.4, -0.2) is 9.55 Å². The van der Waals surface area contributed by atoms with Crippen LogP contribution in [0.1, 0.15) is 29.9 Å². The van der Waals surface area contributed by atoms with E-state index in [1.54, 1.807) is 12.3 Å². The molecule has 1 aromatic carbocycles. The number of hydrogen-bond acceptors (Lipinski definition) is 1. The Morgan fingerprint density at radius 1 is 1.28 bits per heavy atom. The van der Waals surface area contributed by atoms with E-state index in [0.717, 1.165) is 12.2 Å². The van der Waals surface area contributed by atoms with Crippen molar-refractivity contribution in [3.63, 3.8) is 0 Å². The van der Waals surface area contributed by atoms with Gasteiger partial charge in [-0.15, -0.1) is 0 Å². The monoisotopic (exact) mass is 238 g/mol. The van der Waals surface area contributed by atoms with E-state index >= 15 is 0 Å². The third-order valence-electron chi connectivity index (χ3n) is 3.11. The Morgan fingerprint density at radius 2 is 2.00 bits per heavy atom. The fourth-order valence-corrected chi connectivity index (χ4v) is 2.18. The van der Waals surface area contributed by atoms with E-state index < -0.39 is 0 Å². The normalized spacial score (nSPS) is 12.1. The Hall–Kier alpha value is -2.09. The summed E-state index contributed by atoms with van der Waals surface area (Å²) in [5.41, 5.74) is 2.51. The van der Waals surface area contributed by atoms with Gasteiger partial charge < -0.3 is 4.57 Å². The van der Waals surface area contributed by atoms with Crippen molar-refractivity contribution in [1.82, 2.24) is 9.55 Å². The van der Waals surface area contributed by atoms with Gasteiger partial charge in [-0.1, -0.05) is 50.4 Å². The van der Waals surface area contributed by atoms with Crippen molar-refractivity contribution in [2.75, 3.05) is 0 Å². The molecule has 1 heterocycles. The van der Waals surface area contributed by atoms with E-state index in [2.05, 4.69) is 49.3 Å². The zero-order valence-corrected chi connectivity index (χ0v) is 10.7. The molecule has 2 heteroatoms. The molecule has 2 nitrogen and oxygen atoms in total. The lowest BCUT2D eigenvalue weighted by atomic mass is 9.98. The van der Waals surface area contributed by atoms with Gasteiger partial charge in [-0.05, 0) is 18.1 Å². The molecular weight excluding hydrogens is 220 g/mol. The minimum Gasteiger partial charge on any atom is -0.304 e. The highest BCUT2D eigenvalue weighted by Gasteiger charge is 2.13. The van der Waals surface area contributed by atoms with E-state index in [-0.39, 0.29) is 0 Å². The highest BCUT2D eigenvalue weighted by molar-refractivity contribution is 5.44. The van der Waals surface area contributed by atoms with Gasteiger partial charge in [0.05, 0.1) is 0 Å². The van der Waals surface area contributed by atoms with Gasteiger partial charge in [0.2, 0.25) is 0 Å². The number of nitrogens with zero attached hydrogens (tertiary/aromatic N) is 2. The van der Waals surface area contributed by atoms with E-state index in [1.165, 1.54) is 11.3 Å². The first-order valence-electron chi connectivity index (χ1n) is 6.12. The predicted octanol–water partition coefficient (Wildman–Crippen LogP) is 3.97. The fraction of sp³-hybridized carbons (Fsp3) is 0.188. The van der Waals surface area contributed by atoms with Gasteiger partial charge in [0.15, 0.2) is 0 Å². The number of rotatable bonds is 5. The first-order valence-corrected chi connectivity index (χ1v) is 6.12. The first-order chi connectivity index (χ1) is 8.76. The van der Waals surface area contributed by atoms with Crippen molar-refractivity contribution in [2.45, 2.75) is 19.3 Å². The average molecular weight is 238 g/mol. The quantitative estimate of drug-likeness (QED) is 0.770. The molecule has 1 unspecified atom stereocenters. The standard InChI is InChI=1S/C16H18N2/c1-4-16-17-12-15(18(16)5-2)13(3)11-14-9-7-6-8-10-14/h4-10,12-13H,1-2,11H2,3H3. The molecule has 92 valence electrons. The Labute approximate surface area is 108 Å². The molecule has 1 atom stereocenters. The van der Waals surface area contributed by atoms with Crippen LogP contribution < -0.4 is 0 Å². The van der Waals surface area contributed by atoms with E-state index in [9.17, 15) is 0 Å². The van der Waals surface area contributed by atoms with Gasteiger partial charge in [0.25, 0.3) is 0 Å². The van der Waals surface area contributed by atoms with Crippen LogP contribution in [0.2, 0.25) is 0 Å². The molecule has 0 aliphatic rings. The lowest BCUT2D eigenvalue weighted by Crippen LogP contribution is -2.04. The number of benzene rings is 1. The van der Waals surface area contributed by atoms with Crippen LogP contribution in [0.15, 0.2) is 49.7 Å². The molecule has 0 amide bonds. The summed E-state index contributed by atoms with van der Waals surface area (Å²) in [6, 6.07) is 10.5. The second-order valence-corrected chi connectivity index (χ2v) is 4.39. The van der Waals surface area contributed by atoms with Crippen molar-refractivity contribution in [2.24, 2.45) is 0 Å². The second-order valence-electron chi connectivity index (χ2n) is 4.39. The largest absolute Gasteiger partial charge is 0.304 e. The summed E-state index contributed by atoms with van der Waals surface area (Å²) in [4.78, 5) is 4.34. The number of aromatic nitrogens is 2. The molecule has 0 fully saturated rings. The van der Waals surface area contributed by atoms with Crippen LogP contribution in [0.25, 0.3) is 12.3 Å². The summed E-state index contributed by atoms with van der Waals surface area (Å²) in [7, 11) is 0. The fourth-order valence-electron chi connectivity index (χ4n) is 2.18. The second kappa shape index (κ2) is 5.50. The summed E-state index contributed by atoms with van der Waals surface area (Å²) < 4.78 is 2.00. The molecule has 0 saturated heterocycles. The predicted molar refractivity (Wildman–Crippen MR) is 77.3 cm³/mol. The van der Waals surface area contributed by atoms with Crippen LogP contribution in [0.3, 0.4) is 0 Å². The molecule has 2 aromatic rings. The van der Waals surface area contributed by atoms with Crippen molar-refractivity contribution in [1.29, 1.82) is 0 Å². The third-order valence-corrected chi connectivity index (χ3v) is 3.11. The van der Waals surface area contributed by atoms with Crippen molar-refractivity contribution in [3.8, 4) is 0 Å². The molecule has 1 aromatic heterocycles. The molecule has 0 spiro atoms. The van der Waals surface area contributed by atoms with Crippen LogP contribution in [0.5, 0.6) is 0 Å². The molecule has 0 aliphatic carbocycles. The van der Waals surface area contributed by atoms with Crippen molar-refractivity contribution >= 4 is 12.3 Å². The molecule has 0 bridgehead atoms. The van der Waals surface area contributed by atoms with Gasteiger partial charge in [0.1, 0.15) is 5.82 Å². The van der Waals surface area contributed by atoms with E-state index in [4.69, 9.17) is 0 Å². The van der Waals surface area contributed by atoms with Crippen LogP contribution in [0.4, 0.5) is 0 Å². The minimum atomic E-state index is 0.395. The molecule has 2 rings (SSSR count). The summed E-state index contributed by atoms with van der Waals surface area (Å²) >= 11 is 0. The Bertz CT molecular complexity index is 537. The molecule has 0 saturated carbocycles. The van der Waals surface area contributed by atoms with Gasteiger partial charge >= 0.3 is 0 Å². The van der Waals surface area contributed by atoms with E-state index in [0.29, 0.717) is 5.92 Å². The first kappa shape index (κ1) is 12.4. The summed E-state index contributed by atoms with van der Waals surface area (Å²) in [6.07, 6.45) is 6.45. The van der Waals surface area contributed by atoms with Gasteiger partial charge in [-0.2, -0.15) is 0 Å². The maximum atomic E-state index is 4.34. The van der Waals surface area contributed by atoms with E-state index in [1.807, 2.05) is 16.8 Å². The smallest absolute Gasteiger partial charge is 0.136 e. The lowest BCUT2D eigenvalue weighted by Gasteiger charge is -2.13. The molecular formula is C16H18N2. The van der Waals surface area contributed by atoms with Gasteiger partial charge in [0, 0.05) is 24.0 Å². The maximum absolute atomic E-state index is 4.34. The topological polar surface area (TPSA) is 17.8 Å². The number of imidazole rings is 1. The summed E-state index contributed by atoms with van der Waals surface area (Å²) in [5.74, 6) is 1.24. The third kappa shape index (κ3) is 2.43. The molecule has 18 heavy (non-hydrogen) atoms. The molecule has 0 radical (unpaired) electrons. The zero-order chi connectivity index (χ0) is 13.0. The zero-order valence-electron chi connectivity index (χ0n) is 10.7. The average Bonchev–Trinajstić information content (AvgIpc) is 2.82. The maximum Gasteiger partial charge on any atom is 0.136 e. The van der Waals surface area contributed by atoms with Crippen molar-refractivity contribution in [3.05, 3.63) is 66.8 Å². The molecule has 0 N–H and O–H groups in total. The summed E-state index contributed by atoms with van der Waals surface area (Å²) in [5, 5.41) is 0. The minimum absolute atomic E-state index is 0.395. The van der Waals surface area contributed by atoms with Crippen LogP contribution in [-0.2, 0) is 6.42 Å². The summed E-state index contributed by atoms with van der Waals surface area (Å²) in [6.45, 7) is 9.81. The lowest BCUT2D eigenvalue weighted by molar-refractivity contribution is 0.717. The van der Waals surface area contributed by atoms with Crippen molar-refractivity contribution < 1.29 is 0 Å². The van der Waals surface area contributed by atoms with Crippen LogP contribution >= 0.6 is 0 Å².